The summed E-state index contributed by atoms with van der Waals surface area (Å²) in [5.74, 6) is -0.990. The molecule has 0 radical (unpaired) electrons. The largest absolute Gasteiger partial charge is 0.507 e. The number of phenols is 1. The fourth-order valence-corrected chi connectivity index (χ4v) is 4.21. The van der Waals surface area contributed by atoms with Gasteiger partial charge in [-0.25, -0.2) is 0 Å². The van der Waals surface area contributed by atoms with Crippen molar-refractivity contribution in [1.82, 2.24) is 0 Å². The zero-order valence-corrected chi connectivity index (χ0v) is 18.8. The average molecular weight is 489 g/mol. The van der Waals surface area contributed by atoms with Crippen molar-refractivity contribution in [2.75, 3.05) is 6.61 Å². The molecule has 0 saturated carbocycles. The van der Waals surface area contributed by atoms with Crippen molar-refractivity contribution in [2.24, 2.45) is 0 Å². The Morgan fingerprint density at radius 2 is 1.71 bits per heavy atom. The zero-order chi connectivity index (χ0) is 24.4. The minimum atomic E-state index is -1.68. The first-order chi connectivity index (χ1) is 16.3. The fourth-order valence-electron chi connectivity index (χ4n) is 4.01. The molecule has 4 rings (SSSR count). The summed E-state index contributed by atoms with van der Waals surface area (Å²) in [5, 5.41) is 52.3. The molecule has 0 spiro atoms. The second kappa shape index (κ2) is 10.3. The lowest BCUT2D eigenvalue weighted by Crippen LogP contribution is -2.60. The van der Waals surface area contributed by atoms with Gasteiger partial charge in [-0.05, 0) is 34.9 Å². The van der Waals surface area contributed by atoms with Gasteiger partial charge < -0.3 is 35.0 Å². The van der Waals surface area contributed by atoms with E-state index in [1.165, 1.54) is 12.1 Å². The minimum Gasteiger partial charge on any atom is -0.507 e. The maximum absolute atomic E-state index is 13.1. The van der Waals surface area contributed by atoms with E-state index >= 15 is 0 Å². The highest BCUT2D eigenvalue weighted by Gasteiger charge is 2.45. The van der Waals surface area contributed by atoms with Crippen LogP contribution in [0.4, 0.5) is 0 Å². The molecule has 8 nitrogen and oxygen atoms in total. The number of ether oxygens (including phenoxy) is 2. The molecule has 1 aliphatic heterocycles. The predicted molar refractivity (Wildman–Crippen MR) is 124 cm³/mol. The molecular weight excluding hydrogens is 464 g/mol. The Bertz CT molecular complexity index is 1180. The predicted octanol–water partition coefficient (Wildman–Crippen LogP) is 2.19. The van der Waals surface area contributed by atoms with Crippen molar-refractivity contribution in [3.63, 3.8) is 0 Å². The van der Waals surface area contributed by atoms with E-state index in [2.05, 4.69) is 0 Å². The molecule has 3 aromatic carbocycles. The molecule has 180 valence electrons. The van der Waals surface area contributed by atoms with Crippen LogP contribution in [0.5, 0.6) is 11.5 Å². The molecule has 34 heavy (non-hydrogen) atoms. The Morgan fingerprint density at radius 3 is 2.44 bits per heavy atom. The van der Waals surface area contributed by atoms with E-state index in [-0.39, 0.29) is 22.8 Å². The van der Waals surface area contributed by atoms with Crippen molar-refractivity contribution in [3.05, 3.63) is 70.7 Å². The summed E-state index contributed by atoms with van der Waals surface area (Å²) in [6.07, 6.45) is -7.15. The summed E-state index contributed by atoms with van der Waals surface area (Å²) in [6, 6.07) is 16.3. The maximum atomic E-state index is 13.1. The monoisotopic (exact) mass is 488 g/mol. The van der Waals surface area contributed by atoms with Gasteiger partial charge in [0.05, 0.1) is 6.61 Å². The summed E-state index contributed by atoms with van der Waals surface area (Å²) in [4.78, 5) is 13.1. The van der Waals surface area contributed by atoms with Gasteiger partial charge in [0.1, 0.15) is 41.5 Å². The molecule has 0 unspecified atom stereocenters. The van der Waals surface area contributed by atoms with Crippen molar-refractivity contribution in [3.8, 4) is 11.5 Å². The van der Waals surface area contributed by atoms with Crippen molar-refractivity contribution in [1.29, 1.82) is 0 Å². The SMILES string of the molecule is O=C(CCc1ccc2ccccc2c1)c1c(O)cc(Cl)cc1O[C@@H]1O[C@H](CO)[C@@H](O)[C@H](O)[C@H]1O. The Balaban J connectivity index is 1.55. The van der Waals surface area contributed by atoms with Crippen LogP contribution in [0.2, 0.25) is 5.02 Å². The first kappa shape index (κ1) is 24.4. The summed E-state index contributed by atoms with van der Waals surface area (Å²) in [6.45, 7) is -0.636. The molecule has 1 heterocycles. The van der Waals surface area contributed by atoms with E-state index < -0.39 is 48.8 Å². The number of aryl methyl sites for hydroxylation is 1. The van der Waals surface area contributed by atoms with Crippen LogP contribution < -0.4 is 4.74 Å². The lowest BCUT2D eigenvalue weighted by Gasteiger charge is -2.39. The quantitative estimate of drug-likeness (QED) is 0.319. The molecule has 0 bridgehead atoms. The minimum absolute atomic E-state index is 0.0541. The molecule has 5 atom stereocenters. The molecule has 0 aromatic heterocycles. The molecule has 1 fully saturated rings. The van der Waals surface area contributed by atoms with Crippen LogP contribution in [0, 0.1) is 0 Å². The Kier molecular flexibility index (Phi) is 7.37. The molecule has 9 heteroatoms. The molecule has 3 aromatic rings. The van der Waals surface area contributed by atoms with E-state index in [0.29, 0.717) is 6.42 Å². The smallest absolute Gasteiger partial charge is 0.229 e. The van der Waals surface area contributed by atoms with E-state index in [1.54, 1.807) is 0 Å². The van der Waals surface area contributed by atoms with Crippen LogP contribution in [0.3, 0.4) is 0 Å². The molecule has 1 saturated heterocycles. The number of Topliss-reactive ketones (excluding diaryl/α,β-unsaturated/α-hetero) is 1. The zero-order valence-electron chi connectivity index (χ0n) is 18.0. The number of aliphatic hydroxyl groups excluding tert-OH is 4. The number of carbonyl (C=O) groups is 1. The second-order valence-electron chi connectivity index (χ2n) is 8.22. The number of aromatic hydroxyl groups is 1. The lowest BCUT2D eigenvalue weighted by atomic mass is 9.98. The number of ketones is 1. The van der Waals surface area contributed by atoms with E-state index in [9.17, 15) is 30.3 Å². The highest BCUT2D eigenvalue weighted by atomic mass is 35.5. The first-order valence-electron chi connectivity index (χ1n) is 10.8. The summed E-state index contributed by atoms with van der Waals surface area (Å²) in [7, 11) is 0. The van der Waals surface area contributed by atoms with Gasteiger partial charge in [-0.1, -0.05) is 54.1 Å². The summed E-state index contributed by atoms with van der Waals surface area (Å²) < 4.78 is 11.0. The maximum Gasteiger partial charge on any atom is 0.229 e. The van der Waals surface area contributed by atoms with E-state index in [1.807, 2.05) is 42.5 Å². The Hall–Kier alpha value is -2.72. The molecule has 0 amide bonds. The third kappa shape index (κ3) is 5.02. The number of hydrogen-bond donors (Lipinski definition) is 5. The number of benzene rings is 3. The van der Waals surface area contributed by atoms with Crippen molar-refractivity contribution in [2.45, 2.75) is 43.5 Å². The lowest BCUT2D eigenvalue weighted by molar-refractivity contribution is -0.277. The highest BCUT2D eigenvalue weighted by Crippen LogP contribution is 2.35. The van der Waals surface area contributed by atoms with Gasteiger partial charge in [0.2, 0.25) is 6.29 Å². The number of rotatable bonds is 7. The van der Waals surface area contributed by atoms with Crippen LogP contribution in [0.25, 0.3) is 10.8 Å². The van der Waals surface area contributed by atoms with Gasteiger partial charge in [0, 0.05) is 11.4 Å². The topological polar surface area (TPSA) is 137 Å². The fraction of sp³-hybridized carbons (Fsp3) is 0.320. The molecule has 5 N–H and O–H groups in total. The van der Waals surface area contributed by atoms with Crippen LogP contribution >= 0.6 is 11.6 Å². The second-order valence-corrected chi connectivity index (χ2v) is 8.65. The van der Waals surface area contributed by atoms with Gasteiger partial charge in [0.25, 0.3) is 0 Å². The van der Waals surface area contributed by atoms with Crippen molar-refractivity contribution < 1.29 is 39.8 Å². The van der Waals surface area contributed by atoms with Crippen molar-refractivity contribution >= 4 is 28.2 Å². The molecule has 0 aliphatic carbocycles. The average Bonchev–Trinajstić information content (AvgIpc) is 2.82. The van der Waals surface area contributed by atoms with Gasteiger partial charge >= 0.3 is 0 Å². The molecule has 1 aliphatic rings. The standard InChI is InChI=1S/C25H25ClO8/c26-16-10-18(29)21(17(28)8-6-13-5-7-14-3-1-2-4-15(14)9-13)19(11-16)33-25-24(32)23(31)22(30)20(12-27)34-25/h1-5,7,9-11,20,22-25,27,29-32H,6,8,12H2/t20-,22-,23+,24-,25-/m1/s1. The van der Waals surface area contributed by atoms with E-state index in [0.717, 1.165) is 16.3 Å². The van der Waals surface area contributed by atoms with Crippen LogP contribution in [0.1, 0.15) is 22.3 Å². The number of fused-ring (bicyclic) bond motifs is 1. The van der Waals surface area contributed by atoms with Crippen LogP contribution in [0.15, 0.2) is 54.6 Å². The first-order valence-corrected chi connectivity index (χ1v) is 11.2. The normalized spacial score (nSPS) is 24.8. The number of halogens is 1. The highest BCUT2D eigenvalue weighted by molar-refractivity contribution is 6.31. The van der Waals surface area contributed by atoms with E-state index in [4.69, 9.17) is 21.1 Å². The number of hydrogen-bond acceptors (Lipinski definition) is 8. The number of carbonyl (C=O) groups excluding carboxylic acids is 1. The third-order valence-corrected chi connectivity index (χ3v) is 6.09. The summed E-state index contributed by atoms with van der Waals surface area (Å²) in [5.41, 5.74) is 0.791. The van der Waals surface area contributed by atoms with Gasteiger partial charge in [-0.15, -0.1) is 0 Å². The van der Waals surface area contributed by atoms with Crippen LogP contribution in [-0.4, -0.2) is 68.6 Å². The van der Waals surface area contributed by atoms with Gasteiger partial charge in [-0.2, -0.15) is 0 Å². The van der Waals surface area contributed by atoms with Crippen LogP contribution in [-0.2, 0) is 11.2 Å². The van der Waals surface area contributed by atoms with Gasteiger partial charge in [0.15, 0.2) is 5.78 Å². The Morgan fingerprint density at radius 1 is 0.971 bits per heavy atom. The molecular formula is C25H25ClO8. The third-order valence-electron chi connectivity index (χ3n) is 5.87. The van der Waals surface area contributed by atoms with Gasteiger partial charge in [-0.3, -0.25) is 4.79 Å². The Labute approximate surface area is 200 Å². The number of aliphatic hydroxyl groups is 4. The summed E-state index contributed by atoms with van der Waals surface area (Å²) >= 11 is 6.03. The number of phenolic OH excluding ortho intramolecular Hbond substituents is 1.